The van der Waals surface area contributed by atoms with Gasteiger partial charge < -0.3 is 14.7 Å². The third kappa shape index (κ3) is 4.65. The maximum atomic E-state index is 13.2. The molecule has 1 aliphatic heterocycles. The number of ketones is 1. The summed E-state index contributed by atoms with van der Waals surface area (Å²) in [6.07, 6.45) is 3.77. The molecular formula is C27H30ClNO4. The van der Waals surface area contributed by atoms with Crippen molar-refractivity contribution in [1.82, 2.24) is 4.90 Å². The van der Waals surface area contributed by atoms with Crippen molar-refractivity contribution in [3.05, 3.63) is 69.8 Å². The van der Waals surface area contributed by atoms with Crippen LogP contribution >= 0.6 is 11.6 Å². The van der Waals surface area contributed by atoms with Crippen LogP contribution in [0.3, 0.4) is 0 Å². The molecule has 1 amide bonds. The molecule has 2 aliphatic rings. The predicted molar refractivity (Wildman–Crippen MR) is 129 cm³/mol. The van der Waals surface area contributed by atoms with Gasteiger partial charge in [0.1, 0.15) is 11.5 Å². The Balaban J connectivity index is 1.78. The van der Waals surface area contributed by atoms with Crippen LogP contribution in [0.1, 0.15) is 62.3 Å². The van der Waals surface area contributed by atoms with Gasteiger partial charge in [-0.3, -0.25) is 9.59 Å². The lowest BCUT2D eigenvalue weighted by atomic mass is 9.94. The quantitative estimate of drug-likeness (QED) is 0.319. The molecule has 174 valence electrons. The molecule has 1 saturated carbocycles. The SMILES string of the molecule is Cc1cc(/C(O)=C2/C(=O)C(=O)N(C3CCCC3)C2c2ccc(Cl)cc2)ccc1OCC(C)C. The van der Waals surface area contributed by atoms with E-state index in [2.05, 4.69) is 13.8 Å². The van der Waals surface area contributed by atoms with Crippen LogP contribution in [0.15, 0.2) is 48.0 Å². The van der Waals surface area contributed by atoms with Crippen molar-refractivity contribution in [2.24, 2.45) is 5.92 Å². The number of Topliss-reactive ketones (excluding diaryl/α,β-unsaturated/α-hetero) is 1. The Bertz CT molecular complexity index is 1080. The summed E-state index contributed by atoms with van der Waals surface area (Å²) < 4.78 is 5.84. The minimum absolute atomic E-state index is 0.0130. The number of ether oxygens (including phenoxy) is 1. The van der Waals surface area contributed by atoms with Crippen LogP contribution in [0.5, 0.6) is 5.75 Å². The van der Waals surface area contributed by atoms with E-state index in [0.29, 0.717) is 23.1 Å². The average molecular weight is 468 g/mol. The Morgan fingerprint density at radius 2 is 1.79 bits per heavy atom. The molecule has 33 heavy (non-hydrogen) atoms. The average Bonchev–Trinajstić information content (AvgIpc) is 3.40. The summed E-state index contributed by atoms with van der Waals surface area (Å²) in [7, 11) is 0. The molecule has 2 fully saturated rings. The number of halogens is 1. The molecule has 2 aromatic rings. The Hall–Kier alpha value is -2.79. The van der Waals surface area contributed by atoms with E-state index in [-0.39, 0.29) is 17.4 Å². The zero-order valence-corrected chi connectivity index (χ0v) is 20.1. The summed E-state index contributed by atoms with van der Waals surface area (Å²) in [5.74, 6) is -0.217. The molecule has 1 unspecified atom stereocenters. The Morgan fingerprint density at radius 1 is 1.12 bits per heavy atom. The lowest BCUT2D eigenvalue weighted by molar-refractivity contribution is -0.141. The fourth-order valence-electron chi connectivity index (χ4n) is 4.75. The van der Waals surface area contributed by atoms with Gasteiger partial charge >= 0.3 is 0 Å². The van der Waals surface area contributed by atoms with E-state index >= 15 is 0 Å². The van der Waals surface area contributed by atoms with Gasteiger partial charge in [0.25, 0.3) is 11.7 Å². The van der Waals surface area contributed by atoms with Crippen molar-refractivity contribution in [2.75, 3.05) is 6.61 Å². The van der Waals surface area contributed by atoms with Gasteiger partial charge in [0, 0.05) is 16.6 Å². The van der Waals surface area contributed by atoms with E-state index in [1.807, 2.05) is 19.1 Å². The third-order valence-electron chi connectivity index (χ3n) is 6.40. The predicted octanol–water partition coefficient (Wildman–Crippen LogP) is 6.05. The summed E-state index contributed by atoms with van der Waals surface area (Å²) in [6.45, 7) is 6.65. The molecule has 4 rings (SSSR count). The van der Waals surface area contributed by atoms with Crippen molar-refractivity contribution < 1.29 is 19.4 Å². The molecule has 1 N–H and O–H groups in total. The third-order valence-corrected chi connectivity index (χ3v) is 6.66. The molecule has 1 saturated heterocycles. The number of aliphatic hydroxyl groups excluding tert-OH is 1. The van der Waals surface area contributed by atoms with Crippen LogP contribution in [-0.4, -0.2) is 34.3 Å². The van der Waals surface area contributed by atoms with Gasteiger partial charge in [-0.05, 0) is 67.1 Å². The Kier molecular flexibility index (Phi) is 6.80. The van der Waals surface area contributed by atoms with E-state index in [1.165, 1.54) is 0 Å². The fourth-order valence-corrected chi connectivity index (χ4v) is 4.88. The Morgan fingerprint density at radius 3 is 2.39 bits per heavy atom. The van der Waals surface area contributed by atoms with E-state index < -0.39 is 17.7 Å². The van der Waals surface area contributed by atoms with Gasteiger partial charge in [0.05, 0.1) is 18.2 Å². The molecule has 0 spiro atoms. The number of rotatable bonds is 6. The highest BCUT2D eigenvalue weighted by molar-refractivity contribution is 6.46. The standard InChI is InChI=1S/C27H30ClNO4/c1-16(2)15-33-22-13-10-19(14-17(22)3)25(30)23-24(18-8-11-20(28)12-9-18)29(27(32)26(23)31)21-6-4-5-7-21/h8-14,16,21,24,30H,4-7,15H2,1-3H3/b25-23-. The second-order valence-corrected chi connectivity index (χ2v) is 9.82. The van der Waals surface area contributed by atoms with Gasteiger partial charge in [0.2, 0.25) is 0 Å². The van der Waals surface area contributed by atoms with Crippen molar-refractivity contribution >= 4 is 29.1 Å². The second kappa shape index (κ2) is 9.60. The molecular weight excluding hydrogens is 438 g/mol. The van der Waals surface area contributed by atoms with Gasteiger partial charge in [-0.25, -0.2) is 0 Å². The number of likely N-dealkylation sites (tertiary alicyclic amines) is 1. The zero-order valence-electron chi connectivity index (χ0n) is 19.3. The first-order chi connectivity index (χ1) is 15.8. The van der Waals surface area contributed by atoms with Crippen LogP contribution < -0.4 is 4.74 Å². The van der Waals surface area contributed by atoms with E-state index in [9.17, 15) is 14.7 Å². The van der Waals surface area contributed by atoms with Crippen LogP contribution in [-0.2, 0) is 9.59 Å². The lowest BCUT2D eigenvalue weighted by Crippen LogP contribution is -2.37. The molecule has 1 aliphatic carbocycles. The van der Waals surface area contributed by atoms with Gasteiger partial charge in [-0.2, -0.15) is 0 Å². The number of hydrogen-bond acceptors (Lipinski definition) is 4. The summed E-state index contributed by atoms with van der Waals surface area (Å²) in [6, 6.07) is 11.8. The topological polar surface area (TPSA) is 66.8 Å². The fraction of sp³-hybridized carbons (Fsp3) is 0.407. The molecule has 0 radical (unpaired) electrons. The number of hydrogen-bond donors (Lipinski definition) is 1. The van der Waals surface area contributed by atoms with Crippen LogP contribution in [0.2, 0.25) is 5.02 Å². The molecule has 6 heteroatoms. The number of carbonyl (C=O) groups is 2. The largest absolute Gasteiger partial charge is 0.507 e. The van der Waals surface area contributed by atoms with E-state index in [0.717, 1.165) is 42.6 Å². The molecule has 2 aromatic carbocycles. The maximum absolute atomic E-state index is 13.2. The summed E-state index contributed by atoms with van der Waals surface area (Å²) >= 11 is 6.09. The first-order valence-electron chi connectivity index (χ1n) is 11.6. The highest BCUT2D eigenvalue weighted by Crippen LogP contribution is 2.43. The van der Waals surface area contributed by atoms with E-state index in [1.54, 1.807) is 35.2 Å². The number of amides is 1. The molecule has 0 aromatic heterocycles. The van der Waals surface area contributed by atoms with Crippen molar-refractivity contribution in [3.63, 3.8) is 0 Å². The molecule has 0 bridgehead atoms. The van der Waals surface area contributed by atoms with Gasteiger partial charge in [-0.15, -0.1) is 0 Å². The first kappa shape index (κ1) is 23.4. The number of nitrogens with zero attached hydrogens (tertiary/aromatic N) is 1. The number of aryl methyl sites for hydroxylation is 1. The van der Waals surface area contributed by atoms with Crippen LogP contribution in [0, 0.1) is 12.8 Å². The highest BCUT2D eigenvalue weighted by Gasteiger charge is 2.49. The first-order valence-corrected chi connectivity index (χ1v) is 11.9. The minimum atomic E-state index is -0.642. The Labute approximate surface area is 200 Å². The number of benzene rings is 2. The summed E-state index contributed by atoms with van der Waals surface area (Å²) in [5, 5.41) is 11.9. The van der Waals surface area contributed by atoms with Crippen LogP contribution in [0.25, 0.3) is 5.76 Å². The molecule has 1 atom stereocenters. The second-order valence-electron chi connectivity index (χ2n) is 9.38. The molecule has 5 nitrogen and oxygen atoms in total. The zero-order chi connectivity index (χ0) is 23.7. The number of aliphatic hydroxyl groups is 1. The minimum Gasteiger partial charge on any atom is -0.507 e. The van der Waals surface area contributed by atoms with Crippen molar-refractivity contribution in [2.45, 2.75) is 58.5 Å². The van der Waals surface area contributed by atoms with E-state index in [4.69, 9.17) is 16.3 Å². The normalized spacial score (nSPS) is 20.8. The highest BCUT2D eigenvalue weighted by atomic mass is 35.5. The molecule has 1 heterocycles. The van der Waals surface area contributed by atoms with Crippen molar-refractivity contribution in [1.29, 1.82) is 0 Å². The smallest absolute Gasteiger partial charge is 0.295 e. The lowest BCUT2D eigenvalue weighted by Gasteiger charge is -2.30. The maximum Gasteiger partial charge on any atom is 0.295 e. The van der Waals surface area contributed by atoms with Crippen molar-refractivity contribution in [3.8, 4) is 5.75 Å². The van der Waals surface area contributed by atoms with Gasteiger partial charge in [0.15, 0.2) is 0 Å². The number of carbonyl (C=O) groups excluding carboxylic acids is 2. The monoisotopic (exact) mass is 467 g/mol. The van der Waals surface area contributed by atoms with Gasteiger partial charge in [-0.1, -0.05) is 50.4 Å². The summed E-state index contributed by atoms with van der Waals surface area (Å²) in [4.78, 5) is 28.0. The summed E-state index contributed by atoms with van der Waals surface area (Å²) in [5.41, 5.74) is 2.24. The van der Waals surface area contributed by atoms with Crippen LogP contribution in [0.4, 0.5) is 0 Å².